The minimum Gasteiger partial charge on any atom is -0.507 e. The molecule has 0 heterocycles. The molecule has 0 aromatic heterocycles. The Morgan fingerprint density at radius 3 is 2.58 bits per heavy atom. The molecule has 0 aliphatic heterocycles. The second-order valence-electron chi connectivity index (χ2n) is 2.03. The molecule has 2 nitrogen and oxygen atoms in total. The van der Waals surface area contributed by atoms with Gasteiger partial charge in [-0.15, -0.1) is 0 Å². The van der Waals surface area contributed by atoms with Crippen molar-refractivity contribution in [1.29, 1.82) is 0 Å². The van der Waals surface area contributed by atoms with Gasteiger partial charge in [0.25, 0.3) is 5.24 Å². The van der Waals surface area contributed by atoms with E-state index >= 15 is 0 Å². The van der Waals surface area contributed by atoms with Crippen LogP contribution in [0.3, 0.4) is 0 Å². The fraction of sp³-hybridized carbons (Fsp3) is 0. The van der Waals surface area contributed by atoms with Gasteiger partial charge in [-0.25, -0.2) is 4.39 Å². The number of carbonyl (C=O) groups is 1. The Morgan fingerprint density at radius 1 is 1.58 bits per heavy atom. The van der Waals surface area contributed by atoms with Gasteiger partial charge in [0.05, 0.1) is 10.0 Å². The third-order valence-corrected chi connectivity index (χ3v) is 2.23. The van der Waals surface area contributed by atoms with Gasteiger partial charge in [0, 0.05) is 0 Å². The first-order chi connectivity index (χ1) is 5.54. The molecule has 0 amide bonds. The fourth-order valence-corrected chi connectivity index (χ4v) is 1.55. The Labute approximate surface area is 81.1 Å². The molecule has 64 valence electrons. The largest absolute Gasteiger partial charge is 0.507 e. The maximum Gasteiger partial charge on any atom is 0.257 e. The molecule has 0 aliphatic rings. The van der Waals surface area contributed by atoms with E-state index in [0.717, 1.165) is 12.1 Å². The van der Waals surface area contributed by atoms with Crippen LogP contribution in [0.15, 0.2) is 16.6 Å². The number of hydrogen-bond donors (Lipinski definition) is 1. The van der Waals surface area contributed by atoms with Crippen LogP contribution in [0.25, 0.3) is 0 Å². The van der Waals surface area contributed by atoms with E-state index in [9.17, 15) is 9.18 Å². The summed E-state index contributed by atoms with van der Waals surface area (Å²) >= 11 is 7.88. The van der Waals surface area contributed by atoms with E-state index < -0.39 is 11.1 Å². The molecule has 0 saturated carbocycles. The summed E-state index contributed by atoms with van der Waals surface area (Å²) in [5, 5.41) is 8.18. The molecule has 1 rings (SSSR count). The Morgan fingerprint density at radius 2 is 2.17 bits per heavy atom. The highest BCUT2D eigenvalue weighted by Gasteiger charge is 2.15. The normalized spacial score (nSPS) is 9.92. The van der Waals surface area contributed by atoms with Crippen molar-refractivity contribution >= 4 is 32.8 Å². The predicted molar refractivity (Wildman–Crippen MR) is 45.9 cm³/mol. The third-order valence-electron chi connectivity index (χ3n) is 1.27. The van der Waals surface area contributed by atoms with Gasteiger partial charge >= 0.3 is 0 Å². The maximum atomic E-state index is 12.8. The third kappa shape index (κ3) is 1.59. The van der Waals surface area contributed by atoms with Gasteiger partial charge in [0.1, 0.15) is 11.6 Å². The number of hydrogen-bond acceptors (Lipinski definition) is 2. The van der Waals surface area contributed by atoms with E-state index in [1.165, 1.54) is 0 Å². The number of aromatic hydroxyl groups is 1. The summed E-state index contributed by atoms with van der Waals surface area (Å²) in [4.78, 5) is 10.6. The lowest BCUT2D eigenvalue weighted by atomic mass is 10.2. The summed E-state index contributed by atoms with van der Waals surface area (Å²) in [6.07, 6.45) is 0. The monoisotopic (exact) mass is 252 g/mol. The van der Waals surface area contributed by atoms with E-state index in [1.54, 1.807) is 0 Å². The molecular formula is C7H3BrClFO2. The molecule has 0 aliphatic carbocycles. The number of carbonyl (C=O) groups excluding carboxylic acids is 1. The van der Waals surface area contributed by atoms with Crippen molar-refractivity contribution < 1.29 is 14.3 Å². The van der Waals surface area contributed by atoms with Crippen LogP contribution in [0.4, 0.5) is 4.39 Å². The van der Waals surface area contributed by atoms with Crippen molar-refractivity contribution in [2.45, 2.75) is 0 Å². The minimum atomic E-state index is -0.904. The molecular weight excluding hydrogens is 250 g/mol. The van der Waals surface area contributed by atoms with Crippen LogP contribution in [-0.2, 0) is 0 Å². The van der Waals surface area contributed by atoms with Crippen molar-refractivity contribution in [2.75, 3.05) is 0 Å². The Hall–Kier alpha value is -0.610. The van der Waals surface area contributed by atoms with Crippen LogP contribution in [0.2, 0.25) is 0 Å². The summed E-state index contributed by atoms with van der Waals surface area (Å²) in [7, 11) is 0. The highest BCUT2D eigenvalue weighted by Crippen LogP contribution is 2.29. The van der Waals surface area contributed by atoms with E-state index in [4.69, 9.17) is 16.7 Å². The van der Waals surface area contributed by atoms with Crippen LogP contribution >= 0.6 is 27.5 Å². The molecule has 0 atom stereocenters. The minimum absolute atomic E-state index is 0.123. The summed E-state index contributed by atoms with van der Waals surface area (Å²) in [6.45, 7) is 0. The summed E-state index contributed by atoms with van der Waals surface area (Å²) in [5.41, 5.74) is -0.253. The summed E-state index contributed by atoms with van der Waals surface area (Å²) < 4.78 is 12.6. The molecule has 0 radical (unpaired) electrons. The molecule has 0 fully saturated rings. The molecule has 12 heavy (non-hydrogen) atoms. The Bertz CT molecular complexity index is 340. The van der Waals surface area contributed by atoms with Crippen molar-refractivity contribution in [2.24, 2.45) is 0 Å². The highest BCUT2D eigenvalue weighted by atomic mass is 79.9. The van der Waals surface area contributed by atoms with Gasteiger partial charge in [-0.05, 0) is 39.7 Å². The van der Waals surface area contributed by atoms with Gasteiger partial charge < -0.3 is 5.11 Å². The standard InChI is InChI=1S/C7H3BrClFO2/c8-6-3(10)1-2-4(11)5(6)7(9)12/h1-2,11H. The number of phenolic OH excluding ortho intramolecular Hbond substituents is 1. The fourth-order valence-electron chi connectivity index (χ4n) is 0.727. The van der Waals surface area contributed by atoms with E-state index in [0.29, 0.717) is 0 Å². The molecule has 1 aromatic rings. The van der Waals surface area contributed by atoms with Crippen molar-refractivity contribution in [3.05, 3.63) is 28.0 Å². The molecule has 1 aromatic carbocycles. The van der Waals surface area contributed by atoms with Crippen molar-refractivity contribution in [1.82, 2.24) is 0 Å². The van der Waals surface area contributed by atoms with Crippen molar-refractivity contribution in [3.8, 4) is 5.75 Å². The zero-order valence-electron chi connectivity index (χ0n) is 5.64. The van der Waals surface area contributed by atoms with E-state index in [-0.39, 0.29) is 15.8 Å². The second kappa shape index (κ2) is 3.41. The van der Waals surface area contributed by atoms with Crippen LogP contribution < -0.4 is 0 Å². The van der Waals surface area contributed by atoms with Crippen molar-refractivity contribution in [3.63, 3.8) is 0 Å². The number of halogens is 3. The Kier molecular flexibility index (Phi) is 2.69. The SMILES string of the molecule is O=C(Cl)c1c(O)ccc(F)c1Br. The maximum absolute atomic E-state index is 12.8. The lowest BCUT2D eigenvalue weighted by Gasteiger charge is -2.02. The molecule has 0 unspecified atom stereocenters. The molecule has 0 bridgehead atoms. The average Bonchev–Trinajstić information content (AvgIpc) is 1.97. The van der Waals surface area contributed by atoms with Gasteiger partial charge in [-0.2, -0.15) is 0 Å². The molecule has 1 N–H and O–H groups in total. The first kappa shape index (κ1) is 9.48. The summed E-state index contributed by atoms with van der Waals surface area (Å²) in [5.74, 6) is -0.986. The summed E-state index contributed by atoms with van der Waals surface area (Å²) in [6, 6.07) is 2.10. The quantitative estimate of drug-likeness (QED) is 0.781. The number of rotatable bonds is 1. The first-order valence-corrected chi connectivity index (χ1v) is 4.08. The lowest BCUT2D eigenvalue weighted by molar-refractivity contribution is 0.107. The van der Waals surface area contributed by atoms with Gasteiger partial charge in [0.15, 0.2) is 0 Å². The Balaban J connectivity index is 3.43. The highest BCUT2D eigenvalue weighted by molar-refractivity contribution is 9.10. The van der Waals surface area contributed by atoms with Gasteiger partial charge in [-0.1, -0.05) is 0 Å². The first-order valence-electron chi connectivity index (χ1n) is 2.91. The van der Waals surface area contributed by atoms with Crippen LogP contribution in [-0.4, -0.2) is 10.3 Å². The molecule has 5 heteroatoms. The zero-order valence-corrected chi connectivity index (χ0v) is 7.99. The number of phenols is 1. The van der Waals surface area contributed by atoms with E-state index in [2.05, 4.69) is 15.9 Å². The van der Waals surface area contributed by atoms with Crippen LogP contribution in [0, 0.1) is 5.82 Å². The predicted octanol–water partition coefficient (Wildman–Crippen LogP) is 2.67. The van der Waals surface area contributed by atoms with Gasteiger partial charge in [-0.3, -0.25) is 4.79 Å². The molecule has 0 spiro atoms. The smallest absolute Gasteiger partial charge is 0.257 e. The lowest BCUT2D eigenvalue weighted by Crippen LogP contribution is -1.93. The number of benzene rings is 1. The van der Waals surface area contributed by atoms with Gasteiger partial charge in [0.2, 0.25) is 0 Å². The topological polar surface area (TPSA) is 37.3 Å². The molecule has 0 saturated heterocycles. The van der Waals surface area contributed by atoms with Crippen LogP contribution in [0.1, 0.15) is 10.4 Å². The average molecular weight is 253 g/mol. The van der Waals surface area contributed by atoms with Crippen LogP contribution in [0.5, 0.6) is 5.75 Å². The van der Waals surface area contributed by atoms with E-state index in [1.807, 2.05) is 0 Å². The zero-order chi connectivity index (χ0) is 9.30. The second-order valence-corrected chi connectivity index (χ2v) is 3.17.